The fraction of sp³-hybridized carbons (Fsp3) is 0.316. The molecule has 2 heteroatoms. The maximum atomic E-state index is 9.01. The Bertz CT molecular complexity index is 626. The highest BCUT2D eigenvalue weighted by Crippen LogP contribution is 2.44. The van der Waals surface area contributed by atoms with Gasteiger partial charge < -0.3 is 4.74 Å². The summed E-state index contributed by atoms with van der Waals surface area (Å²) in [7, 11) is 0. The number of nitriles is 1. The van der Waals surface area contributed by atoms with Gasteiger partial charge in [0, 0.05) is 6.42 Å². The second-order valence-electron chi connectivity index (χ2n) is 5.65. The summed E-state index contributed by atoms with van der Waals surface area (Å²) in [5.41, 5.74) is 2.41. The lowest BCUT2D eigenvalue weighted by atomic mass is 9.91. The van der Waals surface area contributed by atoms with Gasteiger partial charge in [-0.1, -0.05) is 42.5 Å². The van der Waals surface area contributed by atoms with E-state index in [2.05, 4.69) is 30.3 Å². The third kappa shape index (κ3) is 3.64. The molecule has 1 fully saturated rings. The minimum atomic E-state index is 0.371. The molecule has 0 bridgehead atoms. The summed E-state index contributed by atoms with van der Waals surface area (Å²) in [6.45, 7) is 0.580. The lowest BCUT2D eigenvalue weighted by Crippen LogP contribution is -2.01. The Labute approximate surface area is 126 Å². The first-order valence-electron chi connectivity index (χ1n) is 7.50. The van der Waals surface area contributed by atoms with Gasteiger partial charge in [-0.3, -0.25) is 0 Å². The van der Waals surface area contributed by atoms with Crippen LogP contribution in [0, 0.1) is 17.2 Å². The van der Waals surface area contributed by atoms with Crippen LogP contribution in [0.5, 0.6) is 5.75 Å². The van der Waals surface area contributed by atoms with Crippen molar-refractivity contribution in [2.45, 2.75) is 31.8 Å². The van der Waals surface area contributed by atoms with Crippen molar-refractivity contribution in [3.05, 3.63) is 65.7 Å². The van der Waals surface area contributed by atoms with Gasteiger partial charge in [0.1, 0.15) is 12.4 Å². The molecule has 1 aliphatic rings. The molecule has 0 spiro atoms. The van der Waals surface area contributed by atoms with E-state index in [1.54, 1.807) is 0 Å². The Balaban J connectivity index is 1.69. The van der Waals surface area contributed by atoms with Crippen LogP contribution in [0.15, 0.2) is 54.6 Å². The van der Waals surface area contributed by atoms with Crippen LogP contribution in [0.3, 0.4) is 0 Å². The fourth-order valence-corrected chi connectivity index (χ4v) is 2.73. The summed E-state index contributed by atoms with van der Waals surface area (Å²) < 4.78 is 5.88. The van der Waals surface area contributed by atoms with Crippen LogP contribution in [-0.4, -0.2) is 0 Å². The SMILES string of the molecule is N#CC[C@H](c1cccc(OCc2ccccc2)c1)C1CC1. The van der Waals surface area contributed by atoms with E-state index in [0.717, 1.165) is 5.75 Å². The first-order chi connectivity index (χ1) is 10.4. The van der Waals surface area contributed by atoms with Crippen LogP contribution < -0.4 is 4.74 Å². The number of rotatable bonds is 6. The maximum Gasteiger partial charge on any atom is 0.120 e. The third-order valence-electron chi connectivity index (χ3n) is 4.04. The highest BCUT2D eigenvalue weighted by Gasteiger charge is 2.32. The second-order valence-corrected chi connectivity index (χ2v) is 5.65. The van der Waals surface area contributed by atoms with Crippen LogP contribution in [0.2, 0.25) is 0 Å². The molecular formula is C19H19NO. The van der Waals surface area contributed by atoms with Crippen LogP contribution in [0.1, 0.15) is 36.3 Å². The summed E-state index contributed by atoms with van der Waals surface area (Å²) in [5.74, 6) is 1.95. The van der Waals surface area contributed by atoms with Crippen LogP contribution in [0.25, 0.3) is 0 Å². The number of benzene rings is 2. The fourth-order valence-electron chi connectivity index (χ4n) is 2.73. The van der Waals surface area contributed by atoms with E-state index in [1.165, 1.54) is 24.0 Å². The smallest absolute Gasteiger partial charge is 0.120 e. The van der Waals surface area contributed by atoms with Crippen molar-refractivity contribution in [1.82, 2.24) is 0 Å². The van der Waals surface area contributed by atoms with Gasteiger partial charge in [0.25, 0.3) is 0 Å². The summed E-state index contributed by atoms with van der Waals surface area (Å²) in [6.07, 6.45) is 3.11. The van der Waals surface area contributed by atoms with Crippen molar-refractivity contribution >= 4 is 0 Å². The van der Waals surface area contributed by atoms with E-state index in [9.17, 15) is 0 Å². The normalized spacial score (nSPS) is 15.2. The number of ether oxygens (including phenoxy) is 1. The minimum absolute atomic E-state index is 0.371. The van der Waals surface area contributed by atoms with E-state index >= 15 is 0 Å². The molecule has 0 N–H and O–H groups in total. The zero-order valence-corrected chi connectivity index (χ0v) is 12.0. The maximum absolute atomic E-state index is 9.01. The van der Waals surface area contributed by atoms with Gasteiger partial charge in [-0.2, -0.15) is 5.26 Å². The molecule has 0 saturated heterocycles. The Morgan fingerprint density at radius 2 is 1.90 bits per heavy atom. The average Bonchev–Trinajstić information content (AvgIpc) is 3.37. The Morgan fingerprint density at radius 1 is 1.10 bits per heavy atom. The van der Waals surface area contributed by atoms with Gasteiger partial charge >= 0.3 is 0 Å². The summed E-state index contributed by atoms with van der Waals surface area (Å²) >= 11 is 0. The number of nitrogens with zero attached hydrogens (tertiary/aromatic N) is 1. The number of hydrogen-bond donors (Lipinski definition) is 0. The lowest BCUT2D eigenvalue weighted by Gasteiger charge is -2.14. The Morgan fingerprint density at radius 3 is 2.62 bits per heavy atom. The van der Waals surface area contributed by atoms with Crippen molar-refractivity contribution in [2.24, 2.45) is 5.92 Å². The topological polar surface area (TPSA) is 33.0 Å². The molecule has 0 unspecified atom stereocenters. The van der Waals surface area contributed by atoms with E-state index in [0.29, 0.717) is 24.9 Å². The largest absolute Gasteiger partial charge is 0.489 e. The molecule has 0 radical (unpaired) electrons. The van der Waals surface area contributed by atoms with Crippen molar-refractivity contribution < 1.29 is 4.74 Å². The van der Waals surface area contributed by atoms with Gasteiger partial charge in [0.05, 0.1) is 6.07 Å². The summed E-state index contributed by atoms with van der Waals surface area (Å²) in [6, 6.07) is 20.7. The number of hydrogen-bond acceptors (Lipinski definition) is 2. The second kappa shape index (κ2) is 6.45. The molecule has 1 saturated carbocycles. The highest BCUT2D eigenvalue weighted by atomic mass is 16.5. The van der Waals surface area contributed by atoms with Gasteiger partial charge in [0.2, 0.25) is 0 Å². The molecule has 2 nitrogen and oxygen atoms in total. The van der Waals surface area contributed by atoms with Crippen molar-refractivity contribution in [3.8, 4) is 11.8 Å². The molecule has 0 amide bonds. The first-order valence-corrected chi connectivity index (χ1v) is 7.50. The zero-order chi connectivity index (χ0) is 14.5. The van der Waals surface area contributed by atoms with Gasteiger partial charge in [0.15, 0.2) is 0 Å². The Kier molecular flexibility index (Phi) is 4.21. The van der Waals surface area contributed by atoms with E-state index in [-0.39, 0.29) is 0 Å². The van der Waals surface area contributed by atoms with Crippen LogP contribution >= 0.6 is 0 Å². The highest BCUT2D eigenvalue weighted by molar-refractivity contribution is 5.32. The molecule has 3 rings (SSSR count). The van der Waals surface area contributed by atoms with E-state index in [1.807, 2.05) is 30.3 Å². The molecule has 2 aromatic carbocycles. The lowest BCUT2D eigenvalue weighted by molar-refractivity contribution is 0.305. The van der Waals surface area contributed by atoms with Gasteiger partial charge in [-0.25, -0.2) is 0 Å². The minimum Gasteiger partial charge on any atom is -0.489 e. The van der Waals surface area contributed by atoms with Gasteiger partial charge in [-0.05, 0) is 47.9 Å². The van der Waals surface area contributed by atoms with E-state index < -0.39 is 0 Å². The summed E-state index contributed by atoms with van der Waals surface area (Å²) in [5, 5.41) is 9.01. The molecule has 2 aromatic rings. The molecule has 106 valence electrons. The zero-order valence-electron chi connectivity index (χ0n) is 12.0. The Hall–Kier alpha value is -2.27. The first kappa shape index (κ1) is 13.7. The predicted molar refractivity (Wildman–Crippen MR) is 82.9 cm³/mol. The van der Waals surface area contributed by atoms with Crippen molar-refractivity contribution in [2.75, 3.05) is 0 Å². The standard InChI is InChI=1S/C19H19NO/c20-12-11-19(16-9-10-16)17-7-4-8-18(13-17)21-14-15-5-2-1-3-6-15/h1-8,13,16,19H,9-11,14H2/t19-/m0/s1. The van der Waals surface area contributed by atoms with Crippen molar-refractivity contribution in [3.63, 3.8) is 0 Å². The molecule has 21 heavy (non-hydrogen) atoms. The quantitative estimate of drug-likeness (QED) is 0.768. The average molecular weight is 277 g/mol. The molecule has 1 atom stereocenters. The van der Waals surface area contributed by atoms with E-state index in [4.69, 9.17) is 10.00 Å². The van der Waals surface area contributed by atoms with Gasteiger partial charge in [-0.15, -0.1) is 0 Å². The summed E-state index contributed by atoms with van der Waals surface area (Å²) in [4.78, 5) is 0. The van der Waals surface area contributed by atoms with Crippen molar-refractivity contribution in [1.29, 1.82) is 5.26 Å². The predicted octanol–water partition coefficient (Wildman–Crippen LogP) is 4.67. The third-order valence-corrected chi connectivity index (χ3v) is 4.04. The molecule has 0 heterocycles. The molecule has 0 aliphatic heterocycles. The molecular weight excluding hydrogens is 258 g/mol. The molecule has 1 aliphatic carbocycles. The van der Waals surface area contributed by atoms with Crippen LogP contribution in [0.4, 0.5) is 0 Å². The monoisotopic (exact) mass is 277 g/mol. The molecule has 0 aromatic heterocycles. The van der Waals surface area contributed by atoms with Crippen LogP contribution in [-0.2, 0) is 6.61 Å².